The van der Waals surface area contributed by atoms with Crippen LogP contribution in [0.3, 0.4) is 0 Å². The fraction of sp³-hybridized carbons (Fsp3) is 0.200. The first-order valence-corrected chi connectivity index (χ1v) is 6.34. The maximum absolute atomic E-state index is 11.4. The molecule has 0 radical (unpaired) electrons. The van der Waals surface area contributed by atoms with Crippen molar-refractivity contribution in [3.8, 4) is 0 Å². The van der Waals surface area contributed by atoms with Gasteiger partial charge in [0.25, 0.3) is 0 Å². The van der Waals surface area contributed by atoms with Gasteiger partial charge in [0.2, 0.25) is 0 Å². The lowest BCUT2D eigenvalue weighted by Crippen LogP contribution is -2.14. The molecule has 2 aromatic rings. The molecule has 0 bridgehead atoms. The molecule has 0 amide bonds. The van der Waals surface area contributed by atoms with E-state index in [9.17, 15) is 9.90 Å². The molecule has 1 heterocycles. The van der Waals surface area contributed by atoms with Gasteiger partial charge in [0.05, 0.1) is 5.92 Å². The molecule has 0 saturated heterocycles. The van der Waals surface area contributed by atoms with Gasteiger partial charge in [-0.15, -0.1) is 0 Å². The Morgan fingerprint density at radius 2 is 2.16 bits per heavy atom. The van der Waals surface area contributed by atoms with E-state index in [-0.39, 0.29) is 0 Å². The van der Waals surface area contributed by atoms with Crippen molar-refractivity contribution >= 4 is 17.6 Å². The number of carbonyl (C=O) groups is 1. The zero-order chi connectivity index (χ0) is 13.8. The Balaban J connectivity index is 2.29. The van der Waals surface area contributed by atoms with Gasteiger partial charge in [0.1, 0.15) is 0 Å². The number of hydrogen-bond acceptors (Lipinski definition) is 2. The van der Waals surface area contributed by atoms with E-state index in [4.69, 9.17) is 11.6 Å². The molecule has 0 aliphatic carbocycles. The van der Waals surface area contributed by atoms with Gasteiger partial charge in [-0.2, -0.15) is 0 Å². The van der Waals surface area contributed by atoms with Crippen molar-refractivity contribution in [3.63, 3.8) is 0 Å². The van der Waals surface area contributed by atoms with Gasteiger partial charge in [0.15, 0.2) is 0 Å². The minimum absolute atomic E-state index is 0.416. The molecule has 3 nitrogen and oxygen atoms in total. The van der Waals surface area contributed by atoms with E-state index in [1.807, 2.05) is 25.1 Å². The van der Waals surface area contributed by atoms with Gasteiger partial charge in [-0.1, -0.05) is 23.7 Å². The van der Waals surface area contributed by atoms with E-state index in [2.05, 4.69) is 4.98 Å². The lowest BCUT2D eigenvalue weighted by Gasteiger charge is -2.13. The van der Waals surface area contributed by atoms with Crippen LogP contribution in [0.5, 0.6) is 0 Å². The Morgan fingerprint density at radius 3 is 2.79 bits per heavy atom. The van der Waals surface area contributed by atoms with Gasteiger partial charge < -0.3 is 5.11 Å². The molecular weight excluding hydrogens is 262 g/mol. The quantitative estimate of drug-likeness (QED) is 0.930. The molecule has 19 heavy (non-hydrogen) atoms. The van der Waals surface area contributed by atoms with Crippen LogP contribution >= 0.6 is 11.6 Å². The van der Waals surface area contributed by atoms with Crippen molar-refractivity contribution < 1.29 is 9.90 Å². The molecule has 0 fully saturated rings. The highest BCUT2D eigenvalue weighted by molar-refractivity contribution is 6.30. The summed E-state index contributed by atoms with van der Waals surface area (Å²) in [5.41, 5.74) is 2.49. The van der Waals surface area contributed by atoms with Crippen molar-refractivity contribution in [2.45, 2.75) is 19.3 Å². The van der Waals surface area contributed by atoms with Crippen LogP contribution in [0.1, 0.15) is 22.7 Å². The average Bonchev–Trinajstić information content (AvgIpc) is 2.35. The first kappa shape index (κ1) is 13.6. The van der Waals surface area contributed by atoms with Crippen molar-refractivity contribution in [2.24, 2.45) is 0 Å². The van der Waals surface area contributed by atoms with Crippen molar-refractivity contribution in [2.75, 3.05) is 0 Å². The zero-order valence-corrected chi connectivity index (χ0v) is 11.3. The number of benzene rings is 1. The van der Waals surface area contributed by atoms with E-state index in [0.717, 1.165) is 16.8 Å². The maximum atomic E-state index is 11.4. The minimum atomic E-state index is -0.842. The van der Waals surface area contributed by atoms with E-state index in [1.165, 1.54) is 0 Å². The summed E-state index contributed by atoms with van der Waals surface area (Å²) in [5.74, 6) is -1.43. The Kier molecular flexibility index (Phi) is 4.17. The van der Waals surface area contributed by atoms with Crippen LogP contribution < -0.4 is 0 Å². The molecule has 1 N–H and O–H groups in total. The first-order chi connectivity index (χ1) is 9.06. The number of aromatic nitrogens is 1. The molecule has 0 aliphatic rings. The summed E-state index contributed by atoms with van der Waals surface area (Å²) in [6, 6.07) is 10.8. The van der Waals surface area contributed by atoms with E-state index in [0.29, 0.717) is 11.4 Å². The molecule has 1 aromatic carbocycles. The topological polar surface area (TPSA) is 50.2 Å². The lowest BCUT2D eigenvalue weighted by atomic mass is 9.92. The summed E-state index contributed by atoms with van der Waals surface area (Å²) in [4.78, 5) is 15.5. The number of carboxylic acids is 1. The van der Waals surface area contributed by atoms with Crippen molar-refractivity contribution in [3.05, 3.63) is 64.4 Å². The lowest BCUT2D eigenvalue weighted by molar-refractivity contribution is -0.138. The van der Waals surface area contributed by atoms with Crippen LogP contribution in [0.2, 0.25) is 5.02 Å². The van der Waals surface area contributed by atoms with Crippen LogP contribution in [0.15, 0.2) is 42.6 Å². The summed E-state index contributed by atoms with van der Waals surface area (Å²) in [7, 11) is 0. The maximum Gasteiger partial charge on any atom is 0.311 e. The standard InChI is InChI=1S/C15H14ClNO2/c1-10-7-12(5-6-17-10)14(15(18)19)9-11-3-2-4-13(16)8-11/h2-8,14H,9H2,1H3,(H,18,19). The van der Waals surface area contributed by atoms with Gasteiger partial charge >= 0.3 is 5.97 Å². The van der Waals surface area contributed by atoms with Crippen molar-refractivity contribution in [1.82, 2.24) is 4.98 Å². The largest absolute Gasteiger partial charge is 0.481 e. The summed E-state index contributed by atoms with van der Waals surface area (Å²) in [6.07, 6.45) is 2.05. The zero-order valence-electron chi connectivity index (χ0n) is 10.5. The second kappa shape index (κ2) is 5.85. The number of rotatable bonds is 4. The van der Waals surface area contributed by atoms with Crippen molar-refractivity contribution in [1.29, 1.82) is 0 Å². The SMILES string of the molecule is Cc1cc(C(Cc2cccc(Cl)c2)C(=O)O)ccn1. The third kappa shape index (κ3) is 3.55. The van der Waals surface area contributed by atoms with E-state index < -0.39 is 11.9 Å². The summed E-state index contributed by atoms with van der Waals surface area (Å²) in [6.45, 7) is 1.85. The number of halogens is 1. The summed E-state index contributed by atoms with van der Waals surface area (Å²) < 4.78 is 0. The first-order valence-electron chi connectivity index (χ1n) is 5.96. The van der Waals surface area contributed by atoms with Crippen LogP contribution in [-0.2, 0) is 11.2 Å². The number of hydrogen-bond donors (Lipinski definition) is 1. The normalized spacial score (nSPS) is 12.1. The number of pyridine rings is 1. The highest BCUT2D eigenvalue weighted by Gasteiger charge is 2.20. The third-order valence-corrected chi connectivity index (χ3v) is 3.19. The molecule has 98 valence electrons. The van der Waals surface area contributed by atoms with Gasteiger partial charge in [-0.25, -0.2) is 0 Å². The molecule has 0 spiro atoms. The Hall–Kier alpha value is -1.87. The van der Waals surface area contributed by atoms with Gasteiger partial charge in [-0.3, -0.25) is 9.78 Å². The Morgan fingerprint density at radius 1 is 1.37 bits per heavy atom. The van der Waals surface area contributed by atoms with Crippen LogP contribution in [-0.4, -0.2) is 16.1 Å². The fourth-order valence-corrected chi connectivity index (χ4v) is 2.24. The minimum Gasteiger partial charge on any atom is -0.481 e. The molecular formula is C15H14ClNO2. The average molecular weight is 276 g/mol. The Bertz CT molecular complexity index is 598. The molecule has 0 saturated carbocycles. The number of aryl methyl sites for hydroxylation is 1. The van der Waals surface area contributed by atoms with E-state index in [1.54, 1.807) is 24.4 Å². The van der Waals surface area contributed by atoms with E-state index >= 15 is 0 Å². The second-order valence-corrected chi connectivity index (χ2v) is 4.89. The highest BCUT2D eigenvalue weighted by Crippen LogP contribution is 2.23. The van der Waals surface area contributed by atoms with Crippen LogP contribution in [0, 0.1) is 6.92 Å². The molecule has 1 unspecified atom stereocenters. The molecule has 2 rings (SSSR count). The van der Waals surface area contributed by atoms with Gasteiger partial charge in [0, 0.05) is 16.9 Å². The number of nitrogens with zero attached hydrogens (tertiary/aromatic N) is 1. The predicted octanol–water partition coefficient (Wildman–Crippen LogP) is 3.45. The smallest absolute Gasteiger partial charge is 0.311 e. The fourth-order valence-electron chi connectivity index (χ4n) is 2.03. The highest BCUT2D eigenvalue weighted by atomic mass is 35.5. The molecule has 4 heteroatoms. The molecule has 1 aromatic heterocycles. The summed E-state index contributed by atoms with van der Waals surface area (Å²) >= 11 is 5.92. The molecule has 0 aliphatic heterocycles. The van der Waals surface area contributed by atoms with Gasteiger partial charge in [-0.05, 0) is 48.7 Å². The number of aliphatic carboxylic acids is 1. The predicted molar refractivity (Wildman–Crippen MR) is 74.5 cm³/mol. The van der Waals surface area contributed by atoms with Crippen LogP contribution in [0.25, 0.3) is 0 Å². The Labute approximate surface area is 116 Å². The number of carboxylic acid groups (broad SMARTS) is 1. The monoisotopic (exact) mass is 275 g/mol. The summed E-state index contributed by atoms with van der Waals surface area (Å²) in [5, 5.41) is 10.0. The molecule has 1 atom stereocenters. The van der Waals surface area contributed by atoms with Crippen LogP contribution in [0.4, 0.5) is 0 Å². The second-order valence-electron chi connectivity index (χ2n) is 4.46. The third-order valence-electron chi connectivity index (χ3n) is 2.95.